The van der Waals surface area contributed by atoms with Crippen LogP contribution in [0.3, 0.4) is 0 Å². The molecule has 8 heavy (non-hydrogen) atoms. The summed E-state index contributed by atoms with van der Waals surface area (Å²) in [7, 11) is 0. The van der Waals surface area contributed by atoms with Crippen molar-refractivity contribution in [3.05, 3.63) is 0 Å². The highest BCUT2D eigenvalue weighted by atomic mass is 79.9. The second-order valence-corrected chi connectivity index (χ2v) is 1.92. The van der Waals surface area contributed by atoms with E-state index in [2.05, 4.69) is 34.7 Å². The van der Waals surface area contributed by atoms with E-state index in [0.717, 1.165) is 18.5 Å². The lowest BCUT2D eigenvalue weighted by Crippen LogP contribution is -2.20. The van der Waals surface area contributed by atoms with Gasteiger partial charge in [-0.3, -0.25) is 4.90 Å². The van der Waals surface area contributed by atoms with E-state index in [1.54, 1.807) is 0 Å². The van der Waals surface area contributed by atoms with E-state index in [-0.39, 0.29) is 12.4 Å². The molecule has 0 aliphatic rings. The van der Waals surface area contributed by atoms with E-state index in [9.17, 15) is 0 Å². The molecule has 0 rings (SSSR count). The average Bonchev–Trinajstić information content (AvgIpc) is 1.72. The van der Waals surface area contributed by atoms with Gasteiger partial charge in [0.05, 0.1) is 5.45 Å². The molecular weight excluding hydrogens is 189 g/mol. The molecule has 0 amide bonds. The van der Waals surface area contributed by atoms with Gasteiger partial charge in [0.1, 0.15) is 0 Å². The van der Waals surface area contributed by atoms with Gasteiger partial charge < -0.3 is 0 Å². The molecule has 0 saturated carbocycles. The molecule has 0 radical (unpaired) electrons. The maximum atomic E-state index is 3.36. The summed E-state index contributed by atoms with van der Waals surface area (Å²) in [5.41, 5.74) is 1.00. The number of alkyl halides is 1. The number of halogens is 2. The molecule has 1 nitrogen and oxygen atoms in total. The van der Waals surface area contributed by atoms with Gasteiger partial charge >= 0.3 is 0 Å². The second-order valence-electron chi connectivity index (χ2n) is 1.42. The van der Waals surface area contributed by atoms with Crippen LogP contribution in [-0.4, -0.2) is 23.4 Å². The Bertz CT molecular complexity index is 33.9. The first-order valence-corrected chi connectivity index (χ1v) is 3.75. The Hall–Kier alpha value is 0.730. The van der Waals surface area contributed by atoms with E-state index in [4.69, 9.17) is 0 Å². The molecule has 0 bridgehead atoms. The van der Waals surface area contributed by atoms with Crippen LogP contribution < -0.4 is 0 Å². The molecule has 0 fully saturated rings. The second kappa shape index (κ2) is 7.73. The third kappa shape index (κ3) is 4.88. The fourth-order valence-corrected chi connectivity index (χ4v) is 1.10. The zero-order valence-corrected chi connectivity index (χ0v) is 7.76. The summed E-state index contributed by atoms with van der Waals surface area (Å²) < 4.78 is 0. The predicted octanol–water partition coefficient (Wildman–Crippen LogP) is 2.10. The smallest absolute Gasteiger partial charge is 0.0542 e. The molecule has 52 valence electrons. The first-order valence-electron chi connectivity index (χ1n) is 2.63. The first-order chi connectivity index (χ1) is 3.35. The normalized spacial score (nSPS) is 9.00. The molecular formula is C5H13BrClN. The minimum absolute atomic E-state index is 0. The molecule has 0 aromatic heterocycles. The van der Waals surface area contributed by atoms with Gasteiger partial charge in [0.2, 0.25) is 0 Å². The number of hydrogen-bond donors (Lipinski definition) is 0. The molecule has 0 aliphatic heterocycles. The highest BCUT2D eigenvalue weighted by Crippen LogP contribution is 1.89. The van der Waals surface area contributed by atoms with Crippen molar-refractivity contribution >= 4 is 28.3 Å². The van der Waals surface area contributed by atoms with Crippen LogP contribution in [0.5, 0.6) is 0 Å². The molecule has 0 aromatic carbocycles. The van der Waals surface area contributed by atoms with Crippen LogP contribution in [0.25, 0.3) is 0 Å². The Morgan fingerprint density at radius 1 is 1.25 bits per heavy atom. The number of hydrogen-bond acceptors (Lipinski definition) is 1. The lowest BCUT2D eigenvalue weighted by Gasteiger charge is -2.12. The van der Waals surface area contributed by atoms with Crippen molar-refractivity contribution in [2.24, 2.45) is 0 Å². The average molecular weight is 203 g/mol. The molecule has 0 N–H and O–H groups in total. The molecule has 0 heterocycles. The van der Waals surface area contributed by atoms with Crippen molar-refractivity contribution in [2.75, 3.05) is 18.5 Å². The highest BCUT2D eigenvalue weighted by Gasteiger charge is 1.90. The van der Waals surface area contributed by atoms with Crippen molar-refractivity contribution in [1.82, 2.24) is 4.90 Å². The topological polar surface area (TPSA) is 3.24 Å². The van der Waals surface area contributed by atoms with Gasteiger partial charge in [0.25, 0.3) is 0 Å². The SMILES string of the molecule is CCN(CC)CBr.Cl. The quantitative estimate of drug-likeness (QED) is 0.500. The molecule has 0 unspecified atom stereocenters. The summed E-state index contributed by atoms with van der Waals surface area (Å²) >= 11 is 3.36. The molecule has 0 aromatic rings. The fraction of sp³-hybridized carbons (Fsp3) is 1.00. The summed E-state index contributed by atoms with van der Waals surface area (Å²) in [6, 6.07) is 0. The van der Waals surface area contributed by atoms with Gasteiger partial charge in [0.15, 0.2) is 0 Å². The lowest BCUT2D eigenvalue weighted by molar-refractivity contribution is 0.362. The van der Waals surface area contributed by atoms with Crippen molar-refractivity contribution < 1.29 is 0 Å². The maximum absolute atomic E-state index is 3.36. The van der Waals surface area contributed by atoms with Crippen LogP contribution in [0.2, 0.25) is 0 Å². The Morgan fingerprint density at radius 3 is 1.62 bits per heavy atom. The minimum Gasteiger partial charge on any atom is -0.294 e. The van der Waals surface area contributed by atoms with Gasteiger partial charge in [-0.05, 0) is 13.1 Å². The first kappa shape index (κ1) is 11.5. The molecule has 3 heteroatoms. The summed E-state index contributed by atoms with van der Waals surface area (Å²) in [6.45, 7) is 6.60. The van der Waals surface area contributed by atoms with Gasteiger partial charge in [-0.25, -0.2) is 0 Å². The Morgan fingerprint density at radius 2 is 1.62 bits per heavy atom. The summed E-state index contributed by atoms with van der Waals surface area (Å²) in [5, 5.41) is 0. The largest absolute Gasteiger partial charge is 0.294 e. The van der Waals surface area contributed by atoms with Crippen LogP contribution in [-0.2, 0) is 0 Å². The standard InChI is InChI=1S/C5H12BrN.ClH/c1-3-7(4-2)5-6;/h3-5H2,1-2H3;1H. The monoisotopic (exact) mass is 201 g/mol. The summed E-state index contributed by atoms with van der Waals surface area (Å²) in [4.78, 5) is 2.29. The van der Waals surface area contributed by atoms with Crippen LogP contribution >= 0.6 is 28.3 Å². The van der Waals surface area contributed by atoms with Crippen LogP contribution in [0.4, 0.5) is 0 Å². The van der Waals surface area contributed by atoms with Crippen LogP contribution in [0.1, 0.15) is 13.8 Å². The van der Waals surface area contributed by atoms with E-state index in [1.165, 1.54) is 0 Å². The Balaban J connectivity index is 0. The molecule has 0 saturated heterocycles. The summed E-state index contributed by atoms with van der Waals surface area (Å²) in [6.07, 6.45) is 0. The molecule has 0 spiro atoms. The van der Waals surface area contributed by atoms with Crippen LogP contribution in [0.15, 0.2) is 0 Å². The molecule has 0 aliphatic carbocycles. The third-order valence-electron chi connectivity index (χ3n) is 1.06. The highest BCUT2D eigenvalue weighted by molar-refractivity contribution is 9.09. The van der Waals surface area contributed by atoms with Crippen molar-refractivity contribution in [1.29, 1.82) is 0 Å². The number of rotatable bonds is 3. The third-order valence-corrected chi connectivity index (χ3v) is 1.77. The van der Waals surface area contributed by atoms with Crippen LogP contribution in [0, 0.1) is 0 Å². The Kier molecular flexibility index (Phi) is 11.1. The Labute approximate surface area is 66.0 Å². The molecule has 0 atom stereocenters. The van der Waals surface area contributed by atoms with E-state index >= 15 is 0 Å². The van der Waals surface area contributed by atoms with E-state index in [0.29, 0.717) is 0 Å². The maximum Gasteiger partial charge on any atom is 0.0542 e. The minimum atomic E-state index is 0. The lowest BCUT2D eigenvalue weighted by atomic mass is 10.6. The summed E-state index contributed by atoms with van der Waals surface area (Å²) in [5.74, 6) is 0. The van der Waals surface area contributed by atoms with Crippen molar-refractivity contribution in [3.8, 4) is 0 Å². The fourth-order valence-electron chi connectivity index (χ4n) is 0.393. The van der Waals surface area contributed by atoms with Crippen molar-refractivity contribution in [2.45, 2.75) is 13.8 Å². The van der Waals surface area contributed by atoms with E-state index in [1.807, 2.05) is 0 Å². The van der Waals surface area contributed by atoms with Gasteiger partial charge in [-0.15, -0.1) is 12.4 Å². The predicted molar refractivity (Wildman–Crippen MR) is 44.0 cm³/mol. The van der Waals surface area contributed by atoms with Gasteiger partial charge in [-0.1, -0.05) is 29.8 Å². The number of nitrogens with zero attached hydrogens (tertiary/aromatic N) is 1. The van der Waals surface area contributed by atoms with Gasteiger partial charge in [0, 0.05) is 0 Å². The van der Waals surface area contributed by atoms with Gasteiger partial charge in [-0.2, -0.15) is 0 Å². The zero-order chi connectivity index (χ0) is 5.70. The van der Waals surface area contributed by atoms with Crippen molar-refractivity contribution in [3.63, 3.8) is 0 Å². The zero-order valence-electron chi connectivity index (χ0n) is 5.35. The van der Waals surface area contributed by atoms with E-state index < -0.39 is 0 Å².